The Morgan fingerprint density at radius 1 is 0.302 bits per heavy atom. The zero-order chi connectivity index (χ0) is 41.7. The first kappa shape index (κ1) is 36.8. The highest BCUT2D eigenvalue weighted by molar-refractivity contribution is 7.25. The van der Waals surface area contributed by atoms with E-state index in [0.29, 0.717) is 0 Å². The largest absolute Gasteiger partial charge is 0.310 e. The molecule has 0 aliphatic rings. The van der Waals surface area contributed by atoms with Crippen LogP contribution in [0.2, 0.25) is 0 Å². The molecule has 0 atom stereocenters. The maximum absolute atomic E-state index is 2.43. The Hall–Kier alpha value is -7.98. The van der Waals surface area contributed by atoms with Crippen LogP contribution in [-0.2, 0) is 0 Å². The van der Waals surface area contributed by atoms with Crippen molar-refractivity contribution in [2.24, 2.45) is 0 Å². The minimum atomic E-state index is 1.10. The number of para-hydroxylation sites is 3. The fourth-order valence-corrected chi connectivity index (χ4v) is 10.5. The van der Waals surface area contributed by atoms with Crippen LogP contribution in [0.4, 0.5) is 17.1 Å². The van der Waals surface area contributed by atoms with Crippen molar-refractivity contribution in [3.05, 3.63) is 243 Å². The molecule has 0 unspecified atom stereocenters. The number of hydrogen-bond acceptors (Lipinski definition) is 2. The fourth-order valence-electron chi connectivity index (χ4n) is 9.44. The lowest BCUT2D eigenvalue weighted by molar-refractivity contribution is 1.19. The van der Waals surface area contributed by atoms with Crippen LogP contribution in [0, 0.1) is 0 Å². The standard InChI is InChI=1S/C60H40N2S/c1-3-15-41(16-4-1)42-27-29-44(30-28-42)51-21-9-12-24-56(51)61(46-17-5-2-6-18-46)47-34-31-43(32-35-47)49-19-7-8-20-50(49)45-33-37-58-54(39-45)52-22-10-13-25-57(52)62(58)48-36-38-60-55(40-48)53-23-11-14-26-59(53)63-60/h1-40H. The molecule has 0 saturated carbocycles. The van der Waals surface area contributed by atoms with Gasteiger partial charge in [-0.1, -0.05) is 170 Å². The van der Waals surface area contributed by atoms with E-state index in [0.717, 1.165) is 17.1 Å². The number of fused-ring (bicyclic) bond motifs is 6. The summed E-state index contributed by atoms with van der Waals surface area (Å²) in [6, 6.07) is 88.3. The Labute approximate surface area is 370 Å². The van der Waals surface area contributed by atoms with Gasteiger partial charge in [-0.3, -0.25) is 0 Å². The number of aromatic nitrogens is 1. The van der Waals surface area contributed by atoms with E-state index in [1.54, 1.807) is 0 Å². The molecule has 63 heavy (non-hydrogen) atoms. The summed E-state index contributed by atoms with van der Waals surface area (Å²) in [5, 5.41) is 5.12. The lowest BCUT2D eigenvalue weighted by atomic mass is 9.93. The highest BCUT2D eigenvalue weighted by atomic mass is 32.1. The van der Waals surface area contributed by atoms with Gasteiger partial charge in [-0.15, -0.1) is 11.3 Å². The van der Waals surface area contributed by atoms with Crippen LogP contribution in [0.15, 0.2) is 243 Å². The third kappa shape index (κ3) is 6.50. The second kappa shape index (κ2) is 15.5. The highest BCUT2D eigenvalue weighted by Gasteiger charge is 2.19. The lowest BCUT2D eigenvalue weighted by Gasteiger charge is -2.28. The van der Waals surface area contributed by atoms with Gasteiger partial charge in [0.1, 0.15) is 0 Å². The van der Waals surface area contributed by atoms with Gasteiger partial charge in [0, 0.05) is 53.6 Å². The van der Waals surface area contributed by atoms with E-state index in [2.05, 4.69) is 252 Å². The van der Waals surface area contributed by atoms with E-state index in [-0.39, 0.29) is 0 Å². The summed E-state index contributed by atoms with van der Waals surface area (Å²) in [6.45, 7) is 0. The van der Waals surface area contributed by atoms with Gasteiger partial charge in [0.05, 0.1) is 16.7 Å². The van der Waals surface area contributed by atoms with Crippen molar-refractivity contribution in [3.63, 3.8) is 0 Å². The molecule has 10 aromatic carbocycles. The summed E-state index contributed by atoms with van der Waals surface area (Å²) in [7, 11) is 0. The summed E-state index contributed by atoms with van der Waals surface area (Å²) in [5.41, 5.74) is 16.5. The predicted octanol–water partition coefficient (Wildman–Crippen LogP) is 17.3. The smallest absolute Gasteiger partial charge is 0.0541 e. The fraction of sp³-hybridized carbons (Fsp3) is 0. The summed E-state index contributed by atoms with van der Waals surface area (Å²) in [4.78, 5) is 2.37. The molecule has 0 bridgehead atoms. The van der Waals surface area contributed by atoms with Gasteiger partial charge in [-0.25, -0.2) is 0 Å². The molecule has 0 N–H and O–H groups in total. The van der Waals surface area contributed by atoms with Crippen LogP contribution >= 0.6 is 11.3 Å². The van der Waals surface area contributed by atoms with Crippen LogP contribution in [0.1, 0.15) is 0 Å². The second-order valence-electron chi connectivity index (χ2n) is 16.1. The van der Waals surface area contributed by atoms with Crippen molar-refractivity contribution in [3.8, 4) is 50.2 Å². The molecule has 2 nitrogen and oxygen atoms in total. The molecule has 12 aromatic rings. The monoisotopic (exact) mass is 820 g/mol. The molecule has 2 heterocycles. The van der Waals surface area contributed by atoms with E-state index < -0.39 is 0 Å². The molecule has 2 aromatic heterocycles. The van der Waals surface area contributed by atoms with Gasteiger partial charge >= 0.3 is 0 Å². The zero-order valence-corrected chi connectivity index (χ0v) is 35.2. The van der Waals surface area contributed by atoms with Gasteiger partial charge in [0.15, 0.2) is 0 Å². The summed E-state index contributed by atoms with van der Waals surface area (Å²) in [5.74, 6) is 0. The zero-order valence-electron chi connectivity index (χ0n) is 34.4. The van der Waals surface area contributed by atoms with Crippen LogP contribution in [0.5, 0.6) is 0 Å². The molecule has 0 aliphatic heterocycles. The number of rotatable bonds is 8. The summed E-state index contributed by atoms with van der Waals surface area (Å²) in [6.07, 6.45) is 0. The Balaban J connectivity index is 0.924. The van der Waals surface area contributed by atoms with Gasteiger partial charge in [0.2, 0.25) is 0 Å². The van der Waals surface area contributed by atoms with Crippen LogP contribution < -0.4 is 4.90 Å². The number of thiophene rings is 1. The maximum Gasteiger partial charge on any atom is 0.0541 e. The van der Waals surface area contributed by atoms with E-state index in [1.165, 1.54) is 92.2 Å². The van der Waals surface area contributed by atoms with Crippen LogP contribution in [0.3, 0.4) is 0 Å². The van der Waals surface area contributed by atoms with Crippen molar-refractivity contribution in [1.82, 2.24) is 4.57 Å². The Kier molecular flexibility index (Phi) is 9.06. The third-order valence-corrected chi connectivity index (χ3v) is 13.6. The lowest BCUT2D eigenvalue weighted by Crippen LogP contribution is -2.11. The normalized spacial score (nSPS) is 11.5. The minimum absolute atomic E-state index is 1.10. The van der Waals surface area contributed by atoms with Crippen molar-refractivity contribution < 1.29 is 0 Å². The first-order valence-corrected chi connectivity index (χ1v) is 22.3. The van der Waals surface area contributed by atoms with Gasteiger partial charge in [-0.2, -0.15) is 0 Å². The number of benzene rings is 10. The molecule has 0 saturated heterocycles. The Morgan fingerprint density at radius 3 is 1.62 bits per heavy atom. The average Bonchev–Trinajstić information content (AvgIpc) is 3.90. The van der Waals surface area contributed by atoms with Crippen molar-refractivity contribution in [2.45, 2.75) is 0 Å². The predicted molar refractivity (Wildman–Crippen MR) is 270 cm³/mol. The average molecular weight is 821 g/mol. The summed E-state index contributed by atoms with van der Waals surface area (Å²) < 4.78 is 5.07. The molecular weight excluding hydrogens is 781 g/mol. The van der Waals surface area contributed by atoms with Gasteiger partial charge in [0.25, 0.3) is 0 Å². The minimum Gasteiger partial charge on any atom is -0.310 e. The molecule has 0 spiro atoms. The van der Waals surface area contributed by atoms with Crippen LogP contribution in [-0.4, -0.2) is 4.57 Å². The highest BCUT2D eigenvalue weighted by Crippen LogP contribution is 2.44. The van der Waals surface area contributed by atoms with E-state index in [4.69, 9.17) is 0 Å². The molecule has 3 heteroatoms. The number of anilines is 3. The first-order valence-electron chi connectivity index (χ1n) is 21.5. The third-order valence-electron chi connectivity index (χ3n) is 12.4. The van der Waals surface area contributed by atoms with E-state index in [9.17, 15) is 0 Å². The van der Waals surface area contributed by atoms with E-state index >= 15 is 0 Å². The van der Waals surface area contributed by atoms with Gasteiger partial charge < -0.3 is 9.47 Å². The molecule has 0 aliphatic carbocycles. The summed E-state index contributed by atoms with van der Waals surface area (Å²) >= 11 is 1.86. The number of hydrogen-bond donors (Lipinski definition) is 0. The topological polar surface area (TPSA) is 8.17 Å². The van der Waals surface area contributed by atoms with Crippen molar-refractivity contribution >= 4 is 70.4 Å². The first-order chi connectivity index (χ1) is 31.2. The van der Waals surface area contributed by atoms with E-state index in [1.807, 2.05) is 11.3 Å². The molecule has 0 radical (unpaired) electrons. The quantitative estimate of drug-likeness (QED) is 0.148. The molecule has 0 fully saturated rings. The maximum atomic E-state index is 2.43. The molecular formula is C60H40N2S. The van der Waals surface area contributed by atoms with Crippen molar-refractivity contribution in [2.75, 3.05) is 4.90 Å². The molecule has 12 rings (SSSR count). The van der Waals surface area contributed by atoms with Crippen LogP contribution in [0.25, 0.3) is 92.2 Å². The Bertz CT molecular complexity index is 3600. The second-order valence-corrected chi connectivity index (χ2v) is 17.2. The molecule has 296 valence electrons. The Morgan fingerprint density at radius 2 is 0.825 bits per heavy atom. The van der Waals surface area contributed by atoms with Crippen molar-refractivity contribution in [1.29, 1.82) is 0 Å². The van der Waals surface area contributed by atoms with Gasteiger partial charge in [-0.05, 0) is 112 Å². The number of nitrogens with zero attached hydrogens (tertiary/aromatic N) is 2. The SMILES string of the molecule is c1ccc(-c2ccc(-c3ccccc3N(c3ccccc3)c3ccc(-c4ccccc4-c4ccc5c(c4)c4ccccc4n5-c4ccc5sc6ccccc6c5c4)cc3)cc2)cc1. The molecule has 0 amide bonds.